The second kappa shape index (κ2) is 8.12. The number of rotatable bonds is 4. The second-order valence-electron chi connectivity index (χ2n) is 6.21. The van der Waals surface area contributed by atoms with E-state index < -0.39 is 0 Å². The summed E-state index contributed by atoms with van der Waals surface area (Å²) in [5.41, 5.74) is 2.98. The van der Waals surface area contributed by atoms with E-state index in [4.69, 9.17) is 9.57 Å². The molecule has 6 nitrogen and oxygen atoms in total. The Kier molecular flexibility index (Phi) is 5.65. The zero-order chi connectivity index (χ0) is 18.5. The summed E-state index contributed by atoms with van der Waals surface area (Å²) >= 11 is 0. The van der Waals surface area contributed by atoms with Gasteiger partial charge in [0.05, 0.1) is 24.8 Å². The normalized spacial score (nSPS) is 17.5. The number of nitrogens with one attached hydrogen (secondary N) is 1. The highest BCUT2D eigenvalue weighted by molar-refractivity contribution is 5.91. The van der Waals surface area contributed by atoms with Gasteiger partial charge in [0.25, 0.3) is 0 Å². The molecule has 2 aromatic carbocycles. The minimum atomic E-state index is -0.358. The highest BCUT2D eigenvalue weighted by atomic mass is 16.7. The van der Waals surface area contributed by atoms with Crippen molar-refractivity contribution in [3.8, 4) is 0 Å². The number of piperazine rings is 1. The molecule has 3 rings (SSSR count). The van der Waals surface area contributed by atoms with E-state index >= 15 is 0 Å². The minimum absolute atomic E-state index is 0.0118. The van der Waals surface area contributed by atoms with Gasteiger partial charge in [0.15, 0.2) is 0 Å². The Morgan fingerprint density at radius 3 is 2.58 bits per heavy atom. The fraction of sp³-hybridized carbons (Fsp3) is 0.300. The topological polar surface area (TPSA) is 67.9 Å². The number of benzene rings is 2. The van der Waals surface area contributed by atoms with Crippen molar-refractivity contribution in [1.29, 1.82) is 0 Å². The van der Waals surface area contributed by atoms with Gasteiger partial charge in [-0.2, -0.15) is 0 Å². The van der Waals surface area contributed by atoms with E-state index in [9.17, 15) is 9.59 Å². The molecule has 0 aliphatic carbocycles. The zero-order valence-corrected chi connectivity index (χ0v) is 14.9. The summed E-state index contributed by atoms with van der Waals surface area (Å²) in [7, 11) is 1.37. The molecule has 2 aromatic rings. The van der Waals surface area contributed by atoms with E-state index in [2.05, 4.69) is 5.32 Å². The average molecular weight is 354 g/mol. The molecule has 1 atom stereocenters. The lowest BCUT2D eigenvalue weighted by Crippen LogP contribution is -2.46. The molecule has 0 amide bonds. The van der Waals surface area contributed by atoms with E-state index in [0.29, 0.717) is 30.8 Å². The van der Waals surface area contributed by atoms with Crippen molar-refractivity contribution in [3.05, 3.63) is 70.8 Å². The molecule has 1 heterocycles. The molecule has 1 saturated heterocycles. The molecule has 0 radical (unpaired) electrons. The van der Waals surface area contributed by atoms with Crippen LogP contribution in [0.25, 0.3) is 0 Å². The number of aryl methyl sites for hydroxylation is 1. The fourth-order valence-corrected chi connectivity index (χ4v) is 3.02. The second-order valence-corrected chi connectivity index (χ2v) is 6.21. The lowest BCUT2D eigenvalue weighted by molar-refractivity contribution is -0.123. The summed E-state index contributed by atoms with van der Waals surface area (Å²) in [5.74, 6) is -0.701. The predicted molar refractivity (Wildman–Crippen MR) is 96.7 cm³/mol. The van der Waals surface area contributed by atoms with Crippen LogP contribution in [0.4, 0.5) is 0 Å². The lowest BCUT2D eigenvalue weighted by atomic mass is 9.99. The summed E-state index contributed by atoms with van der Waals surface area (Å²) in [5, 5.41) is 5.10. The van der Waals surface area contributed by atoms with Crippen LogP contribution in [-0.4, -0.2) is 43.7 Å². The molecule has 0 spiro atoms. The Hall–Kier alpha value is -2.70. The SMILES string of the molecule is COC(=O)c1ccc(C2CN(OC(=O)c3ccccc3)CCN2)cc1C. The summed E-state index contributed by atoms with van der Waals surface area (Å²) < 4.78 is 4.79. The van der Waals surface area contributed by atoms with E-state index in [1.165, 1.54) is 7.11 Å². The number of hydrogen-bond acceptors (Lipinski definition) is 6. The standard InChI is InChI=1S/C20H22N2O4/c1-14-12-16(8-9-17(14)20(24)25-2)18-13-22(11-10-21-18)26-19(23)15-6-4-3-5-7-15/h3-9,12,18,21H,10-11,13H2,1-2H3. The molecule has 26 heavy (non-hydrogen) atoms. The maximum absolute atomic E-state index is 12.2. The van der Waals surface area contributed by atoms with Crippen LogP contribution in [0.3, 0.4) is 0 Å². The van der Waals surface area contributed by atoms with Crippen molar-refractivity contribution in [2.24, 2.45) is 0 Å². The number of nitrogens with zero attached hydrogens (tertiary/aromatic N) is 1. The van der Waals surface area contributed by atoms with Crippen molar-refractivity contribution in [1.82, 2.24) is 10.4 Å². The molecular weight excluding hydrogens is 332 g/mol. The van der Waals surface area contributed by atoms with Crippen molar-refractivity contribution >= 4 is 11.9 Å². The van der Waals surface area contributed by atoms with Gasteiger partial charge in [-0.05, 0) is 36.2 Å². The molecule has 1 aliphatic rings. The van der Waals surface area contributed by atoms with Crippen molar-refractivity contribution in [2.75, 3.05) is 26.7 Å². The maximum Gasteiger partial charge on any atom is 0.357 e. The molecule has 0 saturated carbocycles. The van der Waals surface area contributed by atoms with Crippen LogP contribution in [-0.2, 0) is 9.57 Å². The van der Waals surface area contributed by atoms with E-state index in [0.717, 1.165) is 11.1 Å². The molecule has 1 aliphatic heterocycles. The predicted octanol–water partition coefficient (Wildman–Crippen LogP) is 2.50. The quantitative estimate of drug-likeness (QED) is 0.851. The van der Waals surface area contributed by atoms with Gasteiger partial charge in [0.1, 0.15) is 0 Å². The third kappa shape index (κ3) is 4.09. The Labute approximate surface area is 152 Å². The van der Waals surface area contributed by atoms with Crippen molar-refractivity contribution in [2.45, 2.75) is 13.0 Å². The molecule has 1 N–H and O–H groups in total. The summed E-state index contributed by atoms with van der Waals surface area (Å²) in [4.78, 5) is 29.5. The summed E-state index contributed by atoms with van der Waals surface area (Å²) in [6.07, 6.45) is 0. The number of carbonyl (C=O) groups is 2. The Morgan fingerprint density at radius 2 is 1.88 bits per heavy atom. The molecule has 1 fully saturated rings. The van der Waals surface area contributed by atoms with Gasteiger partial charge >= 0.3 is 11.9 Å². The van der Waals surface area contributed by atoms with Gasteiger partial charge in [-0.1, -0.05) is 30.3 Å². The van der Waals surface area contributed by atoms with Crippen molar-refractivity contribution < 1.29 is 19.2 Å². The lowest BCUT2D eigenvalue weighted by Gasteiger charge is -2.32. The van der Waals surface area contributed by atoms with Crippen LogP contribution in [0.15, 0.2) is 48.5 Å². The minimum Gasteiger partial charge on any atom is -0.465 e. The summed E-state index contributed by atoms with van der Waals surface area (Å²) in [6.45, 7) is 3.74. The molecule has 1 unspecified atom stereocenters. The average Bonchev–Trinajstić information content (AvgIpc) is 2.68. The van der Waals surface area contributed by atoms with E-state index in [-0.39, 0.29) is 18.0 Å². The van der Waals surface area contributed by atoms with Gasteiger partial charge in [-0.3, -0.25) is 0 Å². The molecular formula is C20H22N2O4. The number of methoxy groups -OCH3 is 1. The molecule has 136 valence electrons. The molecule has 6 heteroatoms. The highest BCUT2D eigenvalue weighted by Crippen LogP contribution is 2.21. The third-order valence-corrected chi connectivity index (χ3v) is 4.42. The van der Waals surface area contributed by atoms with Crippen LogP contribution < -0.4 is 5.32 Å². The number of hydroxylamine groups is 2. The van der Waals surface area contributed by atoms with Gasteiger partial charge in [-0.15, -0.1) is 5.06 Å². The van der Waals surface area contributed by atoms with Crippen LogP contribution in [0, 0.1) is 6.92 Å². The first-order chi connectivity index (χ1) is 12.6. The Morgan fingerprint density at radius 1 is 1.12 bits per heavy atom. The Balaban J connectivity index is 1.68. The van der Waals surface area contributed by atoms with Gasteiger partial charge in [0.2, 0.25) is 0 Å². The van der Waals surface area contributed by atoms with Crippen LogP contribution in [0.1, 0.15) is 37.9 Å². The highest BCUT2D eigenvalue weighted by Gasteiger charge is 2.24. The number of carbonyl (C=O) groups excluding carboxylic acids is 2. The number of ether oxygens (including phenoxy) is 1. The van der Waals surface area contributed by atoms with Gasteiger partial charge in [0, 0.05) is 19.1 Å². The van der Waals surface area contributed by atoms with Crippen molar-refractivity contribution in [3.63, 3.8) is 0 Å². The van der Waals surface area contributed by atoms with Crippen LogP contribution in [0.5, 0.6) is 0 Å². The Bertz CT molecular complexity index is 792. The monoisotopic (exact) mass is 354 g/mol. The molecule has 0 aromatic heterocycles. The first kappa shape index (κ1) is 18.1. The van der Waals surface area contributed by atoms with Gasteiger partial charge < -0.3 is 14.9 Å². The zero-order valence-electron chi connectivity index (χ0n) is 14.9. The third-order valence-electron chi connectivity index (χ3n) is 4.42. The fourth-order valence-electron chi connectivity index (χ4n) is 3.02. The van der Waals surface area contributed by atoms with E-state index in [1.54, 1.807) is 23.3 Å². The number of esters is 1. The summed E-state index contributed by atoms with van der Waals surface area (Å²) in [6, 6.07) is 14.6. The van der Waals surface area contributed by atoms with Gasteiger partial charge in [-0.25, -0.2) is 9.59 Å². The van der Waals surface area contributed by atoms with E-state index in [1.807, 2.05) is 37.3 Å². The van der Waals surface area contributed by atoms with Crippen LogP contribution in [0.2, 0.25) is 0 Å². The largest absolute Gasteiger partial charge is 0.465 e. The van der Waals surface area contributed by atoms with Crippen LogP contribution >= 0.6 is 0 Å². The maximum atomic E-state index is 12.2. The first-order valence-electron chi connectivity index (χ1n) is 8.53. The smallest absolute Gasteiger partial charge is 0.357 e. The first-order valence-corrected chi connectivity index (χ1v) is 8.53. The molecule has 0 bridgehead atoms. The number of hydrogen-bond donors (Lipinski definition) is 1.